The van der Waals surface area contributed by atoms with Crippen LogP contribution in [0.4, 0.5) is 5.82 Å². The van der Waals surface area contributed by atoms with Gasteiger partial charge < -0.3 is 15.2 Å². The fraction of sp³-hybridized carbons (Fsp3) is 0.409. The molecule has 0 amide bonds. The maximum atomic E-state index is 12.3. The first-order valence-corrected chi connectivity index (χ1v) is 10.7. The molecule has 0 spiro atoms. The Labute approximate surface area is 174 Å². The molecular formula is C22H25N3O3S. The Balaban J connectivity index is 1.46. The molecule has 152 valence electrons. The summed E-state index contributed by atoms with van der Waals surface area (Å²) in [5.41, 5.74) is 9.44. The van der Waals surface area contributed by atoms with Crippen LogP contribution in [0.1, 0.15) is 46.7 Å². The van der Waals surface area contributed by atoms with Crippen molar-refractivity contribution in [3.8, 4) is 5.75 Å². The van der Waals surface area contributed by atoms with Crippen LogP contribution in [-0.2, 0) is 35.4 Å². The second kappa shape index (κ2) is 8.37. The number of thiophene rings is 1. The molecule has 1 aromatic carbocycles. The summed E-state index contributed by atoms with van der Waals surface area (Å²) in [4.78, 5) is 23.6. The van der Waals surface area contributed by atoms with E-state index in [0.717, 1.165) is 39.9 Å². The van der Waals surface area contributed by atoms with Crippen molar-refractivity contribution in [2.75, 3.05) is 12.8 Å². The minimum Gasteiger partial charge on any atom is -0.496 e. The fourth-order valence-corrected chi connectivity index (χ4v) is 5.10. The number of carbonyl (C=O) groups excluding carboxylic acids is 1. The SMILES string of the molecule is COc1cc(CC(=O)OCc2nc(N)c3c4c(sc3n2)CCCCC4)ccc1C. The van der Waals surface area contributed by atoms with E-state index in [1.807, 2.05) is 25.1 Å². The summed E-state index contributed by atoms with van der Waals surface area (Å²) in [5.74, 6) is 1.36. The van der Waals surface area contributed by atoms with Crippen molar-refractivity contribution in [2.24, 2.45) is 0 Å². The zero-order valence-corrected chi connectivity index (χ0v) is 17.6. The lowest BCUT2D eigenvalue weighted by molar-refractivity contribution is -0.144. The van der Waals surface area contributed by atoms with Gasteiger partial charge >= 0.3 is 5.97 Å². The van der Waals surface area contributed by atoms with E-state index in [0.29, 0.717) is 11.6 Å². The van der Waals surface area contributed by atoms with Gasteiger partial charge in [-0.1, -0.05) is 18.6 Å². The number of carbonyl (C=O) groups is 1. The summed E-state index contributed by atoms with van der Waals surface area (Å²) in [6, 6.07) is 5.69. The van der Waals surface area contributed by atoms with Gasteiger partial charge in [-0.25, -0.2) is 9.97 Å². The average molecular weight is 412 g/mol. The molecule has 0 saturated carbocycles. The highest BCUT2D eigenvalue weighted by Gasteiger charge is 2.19. The summed E-state index contributed by atoms with van der Waals surface area (Å²) in [7, 11) is 1.62. The molecule has 4 rings (SSSR count). The molecular weight excluding hydrogens is 386 g/mol. The van der Waals surface area contributed by atoms with E-state index in [1.165, 1.54) is 29.7 Å². The van der Waals surface area contributed by atoms with Crippen molar-refractivity contribution in [3.05, 3.63) is 45.6 Å². The lowest BCUT2D eigenvalue weighted by Gasteiger charge is -2.08. The molecule has 0 fully saturated rings. The van der Waals surface area contributed by atoms with Crippen LogP contribution >= 0.6 is 11.3 Å². The summed E-state index contributed by atoms with van der Waals surface area (Å²) in [5, 5.41) is 0.994. The van der Waals surface area contributed by atoms with Crippen LogP contribution in [-0.4, -0.2) is 23.0 Å². The summed E-state index contributed by atoms with van der Waals surface area (Å²) < 4.78 is 10.7. The van der Waals surface area contributed by atoms with Gasteiger partial charge in [-0.2, -0.15) is 0 Å². The van der Waals surface area contributed by atoms with Gasteiger partial charge in [0.1, 0.15) is 16.4 Å². The maximum Gasteiger partial charge on any atom is 0.310 e. The van der Waals surface area contributed by atoms with Crippen LogP contribution in [0.2, 0.25) is 0 Å². The molecule has 2 N–H and O–H groups in total. The molecule has 0 bridgehead atoms. The van der Waals surface area contributed by atoms with Gasteiger partial charge in [0.15, 0.2) is 12.4 Å². The van der Waals surface area contributed by atoms with Crippen LogP contribution in [0.25, 0.3) is 10.2 Å². The van der Waals surface area contributed by atoms with Gasteiger partial charge in [-0.15, -0.1) is 11.3 Å². The molecule has 7 heteroatoms. The molecule has 1 aliphatic rings. The van der Waals surface area contributed by atoms with E-state index in [4.69, 9.17) is 15.2 Å². The van der Waals surface area contributed by atoms with E-state index < -0.39 is 0 Å². The van der Waals surface area contributed by atoms with E-state index in [1.54, 1.807) is 18.4 Å². The Hall–Kier alpha value is -2.67. The van der Waals surface area contributed by atoms with Gasteiger partial charge in [0.25, 0.3) is 0 Å². The Morgan fingerprint density at radius 1 is 1.21 bits per heavy atom. The first kappa shape index (κ1) is 19.6. The second-order valence-corrected chi connectivity index (χ2v) is 8.49. The predicted molar refractivity (Wildman–Crippen MR) is 114 cm³/mol. The zero-order valence-electron chi connectivity index (χ0n) is 16.8. The minimum absolute atomic E-state index is 0.0184. The number of nitrogen functional groups attached to an aromatic ring is 1. The number of ether oxygens (including phenoxy) is 2. The number of benzene rings is 1. The van der Waals surface area contributed by atoms with Gasteiger partial charge in [0.2, 0.25) is 0 Å². The monoisotopic (exact) mass is 411 g/mol. The Morgan fingerprint density at radius 3 is 2.86 bits per heavy atom. The van der Waals surface area contributed by atoms with Crippen LogP contribution in [0, 0.1) is 6.92 Å². The number of nitrogens with zero attached hydrogens (tertiary/aromatic N) is 2. The number of hydrogen-bond donors (Lipinski definition) is 1. The van der Waals surface area contributed by atoms with Gasteiger partial charge in [0.05, 0.1) is 18.9 Å². The Morgan fingerprint density at radius 2 is 2.03 bits per heavy atom. The first-order valence-electron chi connectivity index (χ1n) is 9.91. The third-order valence-electron chi connectivity index (χ3n) is 5.32. The molecule has 3 aromatic rings. The third-order valence-corrected chi connectivity index (χ3v) is 6.51. The summed E-state index contributed by atoms with van der Waals surface area (Å²) >= 11 is 1.70. The summed E-state index contributed by atoms with van der Waals surface area (Å²) in [6.07, 6.45) is 5.94. The predicted octanol–water partition coefficient (Wildman–Crippen LogP) is 4.15. The highest BCUT2D eigenvalue weighted by molar-refractivity contribution is 7.19. The second-order valence-electron chi connectivity index (χ2n) is 7.41. The normalized spacial score (nSPS) is 13.7. The quantitative estimate of drug-likeness (QED) is 0.501. The van der Waals surface area contributed by atoms with Crippen molar-refractivity contribution in [3.63, 3.8) is 0 Å². The van der Waals surface area contributed by atoms with Crippen LogP contribution < -0.4 is 10.5 Å². The zero-order chi connectivity index (χ0) is 20.4. The first-order chi connectivity index (χ1) is 14.0. The third kappa shape index (κ3) is 4.19. The van der Waals surface area contributed by atoms with E-state index in [2.05, 4.69) is 9.97 Å². The molecule has 2 heterocycles. The van der Waals surface area contributed by atoms with Crippen molar-refractivity contribution in [1.29, 1.82) is 0 Å². The molecule has 0 saturated heterocycles. The number of rotatable bonds is 5. The average Bonchev–Trinajstić information content (AvgIpc) is 2.90. The highest BCUT2D eigenvalue weighted by atomic mass is 32.1. The molecule has 0 aliphatic heterocycles. The van der Waals surface area contributed by atoms with E-state index in [9.17, 15) is 4.79 Å². The van der Waals surface area contributed by atoms with Crippen LogP contribution in [0.5, 0.6) is 5.75 Å². The number of fused-ring (bicyclic) bond motifs is 3. The Kier molecular flexibility index (Phi) is 5.67. The lowest BCUT2D eigenvalue weighted by Crippen LogP contribution is -2.10. The maximum absolute atomic E-state index is 12.3. The van der Waals surface area contributed by atoms with E-state index >= 15 is 0 Å². The smallest absolute Gasteiger partial charge is 0.310 e. The lowest BCUT2D eigenvalue weighted by atomic mass is 10.1. The Bertz CT molecular complexity index is 1060. The van der Waals surface area contributed by atoms with Gasteiger partial charge in [-0.3, -0.25) is 4.79 Å². The molecule has 29 heavy (non-hydrogen) atoms. The highest BCUT2D eigenvalue weighted by Crippen LogP contribution is 2.37. The number of aryl methyl sites for hydroxylation is 3. The molecule has 2 aromatic heterocycles. The molecule has 6 nitrogen and oxygen atoms in total. The number of nitrogens with two attached hydrogens (primary N) is 1. The molecule has 0 unspecified atom stereocenters. The standard InChI is InChI=1S/C22H25N3O3S/c1-13-8-9-14(10-16(13)27-2)11-19(26)28-12-18-24-21(23)20-15-6-4-3-5-7-17(15)29-22(20)25-18/h8-10H,3-7,11-12H2,1-2H3,(H2,23,24,25). The molecule has 1 aliphatic carbocycles. The number of esters is 1. The van der Waals surface area contributed by atoms with Gasteiger partial charge in [0, 0.05) is 4.88 Å². The fourth-order valence-electron chi connectivity index (χ4n) is 3.81. The van der Waals surface area contributed by atoms with Crippen molar-refractivity contribution in [2.45, 2.75) is 52.1 Å². The summed E-state index contributed by atoms with van der Waals surface area (Å²) in [6.45, 7) is 1.98. The minimum atomic E-state index is -0.333. The van der Waals surface area contributed by atoms with Crippen molar-refractivity contribution < 1.29 is 14.3 Å². The van der Waals surface area contributed by atoms with Gasteiger partial charge in [-0.05, 0) is 55.4 Å². The van der Waals surface area contributed by atoms with Crippen molar-refractivity contribution >= 4 is 33.3 Å². The largest absolute Gasteiger partial charge is 0.496 e. The molecule has 0 radical (unpaired) electrons. The number of aromatic nitrogens is 2. The molecule has 0 atom stereocenters. The number of methoxy groups -OCH3 is 1. The number of anilines is 1. The topological polar surface area (TPSA) is 87.3 Å². The van der Waals surface area contributed by atoms with E-state index in [-0.39, 0.29) is 19.0 Å². The number of hydrogen-bond acceptors (Lipinski definition) is 7. The van der Waals surface area contributed by atoms with Crippen LogP contribution in [0.3, 0.4) is 0 Å². The van der Waals surface area contributed by atoms with Crippen LogP contribution in [0.15, 0.2) is 18.2 Å². The van der Waals surface area contributed by atoms with Crippen molar-refractivity contribution in [1.82, 2.24) is 9.97 Å².